The fourth-order valence-corrected chi connectivity index (χ4v) is 3.49. The number of nitrogens with zero attached hydrogens (tertiary/aromatic N) is 1. The second-order valence-corrected chi connectivity index (χ2v) is 5.55. The highest BCUT2D eigenvalue weighted by Crippen LogP contribution is 2.36. The lowest BCUT2D eigenvalue weighted by atomic mass is 9.82. The van der Waals surface area contributed by atoms with Gasteiger partial charge in [-0.15, -0.1) is 0 Å². The summed E-state index contributed by atoms with van der Waals surface area (Å²) in [5.41, 5.74) is 0. The van der Waals surface area contributed by atoms with Crippen molar-refractivity contribution in [2.24, 2.45) is 17.8 Å². The molecule has 0 amide bonds. The van der Waals surface area contributed by atoms with Gasteiger partial charge in [0.2, 0.25) is 0 Å². The lowest BCUT2D eigenvalue weighted by Gasteiger charge is -2.31. The van der Waals surface area contributed by atoms with Crippen molar-refractivity contribution in [1.29, 1.82) is 0 Å². The van der Waals surface area contributed by atoms with Crippen LogP contribution in [0.1, 0.15) is 25.7 Å². The van der Waals surface area contributed by atoms with Gasteiger partial charge in [0, 0.05) is 32.7 Å². The molecule has 0 radical (unpaired) electrons. The van der Waals surface area contributed by atoms with Crippen LogP contribution in [0.2, 0.25) is 0 Å². The van der Waals surface area contributed by atoms with Gasteiger partial charge in [0.15, 0.2) is 0 Å². The van der Waals surface area contributed by atoms with Crippen molar-refractivity contribution < 1.29 is 0 Å². The highest BCUT2D eigenvalue weighted by Gasteiger charge is 2.35. The first-order chi connectivity index (χ1) is 6.92. The van der Waals surface area contributed by atoms with Gasteiger partial charge in [-0.1, -0.05) is 12.8 Å². The molecule has 80 valence electrons. The second kappa shape index (κ2) is 3.82. The highest BCUT2D eigenvalue weighted by molar-refractivity contribution is 4.89. The SMILES string of the molecule is C1CC[C@H]2CN(CC3CNC3)C[C@H]2C1. The monoisotopic (exact) mass is 194 g/mol. The van der Waals surface area contributed by atoms with Crippen LogP contribution in [-0.2, 0) is 0 Å². The average Bonchev–Trinajstić information content (AvgIpc) is 2.53. The van der Waals surface area contributed by atoms with Crippen LogP contribution >= 0.6 is 0 Å². The Hall–Kier alpha value is -0.0800. The summed E-state index contributed by atoms with van der Waals surface area (Å²) >= 11 is 0. The van der Waals surface area contributed by atoms with Gasteiger partial charge in [-0.25, -0.2) is 0 Å². The van der Waals surface area contributed by atoms with E-state index in [9.17, 15) is 0 Å². The van der Waals surface area contributed by atoms with Crippen LogP contribution in [0.4, 0.5) is 0 Å². The van der Waals surface area contributed by atoms with Crippen molar-refractivity contribution in [3.8, 4) is 0 Å². The minimum Gasteiger partial charge on any atom is -0.316 e. The van der Waals surface area contributed by atoms with Gasteiger partial charge < -0.3 is 10.2 Å². The van der Waals surface area contributed by atoms with Crippen LogP contribution in [0.15, 0.2) is 0 Å². The molecule has 0 spiro atoms. The zero-order valence-corrected chi connectivity index (χ0v) is 9.04. The quantitative estimate of drug-likeness (QED) is 0.713. The summed E-state index contributed by atoms with van der Waals surface area (Å²) in [5.74, 6) is 3.10. The van der Waals surface area contributed by atoms with Crippen molar-refractivity contribution in [2.75, 3.05) is 32.7 Å². The van der Waals surface area contributed by atoms with Gasteiger partial charge in [0.1, 0.15) is 0 Å². The first-order valence-corrected chi connectivity index (χ1v) is 6.35. The van der Waals surface area contributed by atoms with E-state index in [-0.39, 0.29) is 0 Å². The van der Waals surface area contributed by atoms with E-state index in [1.807, 2.05) is 0 Å². The minimum absolute atomic E-state index is 0.968. The summed E-state index contributed by atoms with van der Waals surface area (Å²) in [6.45, 7) is 6.75. The first kappa shape index (κ1) is 9.17. The Morgan fingerprint density at radius 3 is 2.14 bits per heavy atom. The molecule has 2 heterocycles. The molecule has 14 heavy (non-hydrogen) atoms. The Morgan fingerprint density at radius 1 is 1.00 bits per heavy atom. The largest absolute Gasteiger partial charge is 0.316 e. The lowest BCUT2D eigenvalue weighted by molar-refractivity contribution is 0.216. The minimum atomic E-state index is 0.968. The summed E-state index contributed by atoms with van der Waals surface area (Å²) in [4.78, 5) is 2.74. The van der Waals surface area contributed by atoms with Gasteiger partial charge in [0.25, 0.3) is 0 Å². The molecule has 0 aromatic carbocycles. The number of nitrogens with one attached hydrogen (secondary N) is 1. The first-order valence-electron chi connectivity index (χ1n) is 6.35. The molecule has 3 fully saturated rings. The van der Waals surface area contributed by atoms with Crippen molar-refractivity contribution in [3.63, 3.8) is 0 Å². The number of hydrogen-bond acceptors (Lipinski definition) is 2. The molecular formula is C12H22N2. The molecular weight excluding hydrogens is 172 g/mol. The summed E-state index contributed by atoms with van der Waals surface area (Å²) in [6, 6.07) is 0. The Labute approximate surface area is 87.0 Å². The van der Waals surface area contributed by atoms with Crippen molar-refractivity contribution >= 4 is 0 Å². The van der Waals surface area contributed by atoms with E-state index in [0.717, 1.165) is 17.8 Å². The van der Waals surface area contributed by atoms with E-state index in [1.54, 1.807) is 0 Å². The Balaban J connectivity index is 1.52. The molecule has 0 aromatic rings. The maximum atomic E-state index is 3.37. The molecule has 2 heteroatoms. The molecule has 2 saturated heterocycles. The third-order valence-corrected chi connectivity index (χ3v) is 4.43. The standard InChI is InChI=1S/C12H22N2/c1-2-4-12-9-14(8-11(12)3-1)7-10-5-13-6-10/h10-13H,1-9H2/t11-,12+. The van der Waals surface area contributed by atoms with Crippen LogP contribution in [0.3, 0.4) is 0 Å². The van der Waals surface area contributed by atoms with E-state index < -0.39 is 0 Å². The molecule has 2 nitrogen and oxygen atoms in total. The molecule has 3 aliphatic rings. The van der Waals surface area contributed by atoms with Crippen LogP contribution in [0.25, 0.3) is 0 Å². The normalized spacial score (nSPS) is 39.4. The maximum absolute atomic E-state index is 3.37. The summed E-state index contributed by atoms with van der Waals surface area (Å²) < 4.78 is 0. The van der Waals surface area contributed by atoms with Crippen LogP contribution in [0.5, 0.6) is 0 Å². The predicted octanol–water partition coefficient (Wildman–Crippen LogP) is 1.33. The van der Waals surface area contributed by atoms with E-state index in [4.69, 9.17) is 0 Å². The van der Waals surface area contributed by atoms with Gasteiger partial charge in [-0.2, -0.15) is 0 Å². The summed E-state index contributed by atoms with van der Waals surface area (Å²) in [6.07, 6.45) is 6.04. The third kappa shape index (κ3) is 1.70. The zero-order valence-electron chi connectivity index (χ0n) is 9.04. The summed E-state index contributed by atoms with van der Waals surface area (Å²) in [5, 5.41) is 3.37. The lowest BCUT2D eigenvalue weighted by Crippen LogP contribution is -2.47. The van der Waals surface area contributed by atoms with Crippen molar-refractivity contribution in [1.82, 2.24) is 10.2 Å². The van der Waals surface area contributed by atoms with E-state index in [1.165, 1.54) is 58.4 Å². The molecule has 0 bridgehead atoms. The Bertz CT molecular complexity index is 186. The molecule has 1 saturated carbocycles. The van der Waals surface area contributed by atoms with Crippen LogP contribution in [-0.4, -0.2) is 37.6 Å². The van der Waals surface area contributed by atoms with E-state index in [2.05, 4.69) is 10.2 Å². The average molecular weight is 194 g/mol. The fraction of sp³-hybridized carbons (Fsp3) is 1.00. The number of likely N-dealkylation sites (tertiary alicyclic amines) is 1. The number of fused-ring (bicyclic) bond motifs is 1. The topological polar surface area (TPSA) is 15.3 Å². The predicted molar refractivity (Wildman–Crippen MR) is 58.2 cm³/mol. The molecule has 1 aliphatic carbocycles. The van der Waals surface area contributed by atoms with Crippen molar-refractivity contribution in [2.45, 2.75) is 25.7 Å². The highest BCUT2D eigenvalue weighted by atomic mass is 15.2. The fourth-order valence-electron chi connectivity index (χ4n) is 3.49. The molecule has 0 aromatic heterocycles. The second-order valence-electron chi connectivity index (χ2n) is 5.55. The number of hydrogen-bond donors (Lipinski definition) is 1. The van der Waals surface area contributed by atoms with E-state index >= 15 is 0 Å². The number of rotatable bonds is 2. The van der Waals surface area contributed by atoms with Crippen LogP contribution in [0, 0.1) is 17.8 Å². The van der Waals surface area contributed by atoms with Crippen LogP contribution < -0.4 is 5.32 Å². The zero-order chi connectivity index (χ0) is 9.38. The van der Waals surface area contributed by atoms with Gasteiger partial charge >= 0.3 is 0 Å². The van der Waals surface area contributed by atoms with E-state index in [0.29, 0.717) is 0 Å². The van der Waals surface area contributed by atoms with Gasteiger partial charge in [-0.05, 0) is 30.6 Å². The maximum Gasteiger partial charge on any atom is 0.00342 e. The van der Waals surface area contributed by atoms with Crippen molar-refractivity contribution in [3.05, 3.63) is 0 Å². The smallest absolute Gasteiger partial charge is 0.00342 e. The van der Waals surface area contributed by atoms with Gasteiger partial charge in [-0.3, -0.25) is 0 Å². The Kier molecular flexibility index (Phi) is 2.50. The molecule has 3 rings (SSSR count). The molecule has 2 atom stereocenters. The molecule has 0 unspecified atom stereocenters. The third-order valence-electron chi connectivity index (χ3n) is 4.43. The molecule has 1 N–H and O–H groups in total. The van der Waals surface area contributed by atoms with Gasteiger partial charge in [0.05, 0.1) is 0 Å². The Morgan fingerprint density at radius 2 is 1.64 bits per heavy atom. The molecule has 2 aliphatic heterocycles. The summed E-state index contributed by atoms with van der Waals surface area (Å²) in [7, 11) is 0.